The molecule has 1 aromatic carbocycles. The van der Waals surface area contributed by atoms with Gasteiger partial charge in [0, 0.05) is 11.3 Å². The van der Waals surface area contributed by atoms with Crippen molar-refractivity contribution in [2.45, 2.75) is 25.3 Å². The maximum absolute atomic E-state index is 12.8. The van der Waals surface area contributed by atoms with Crippen molar-refractivity contribution in [1.29, 1.82) is 0 Å². The Morgan fingerprint density at radius 2 is 1.95 bits per heavy atom. The van der Waals surface area contributed by atoms with Gasteiger partial charge in [0.25, 0.3) is 0 Å². The van der Waals surface area contributed by atoms with Gasteiger partial charge in [-0.05, 0) is 35.6 Å². The smallest absolute Gasteiger partial charge is 0.305 e. The van der Waals surface area contributed by atoms with Gasteiger partial charge in [0.2, 0.25) is 5.91 Å². The molecule has 2 N–H and O–H groups in total. The molecule has 4 nitrogen and oxygen atoms in total. The predicted octanol–water partition coefficient (Wildman–Crippen LogP) is 3.15. The molecule has 1 aromatic heterocycles. The maximum atomic E-state index is 12.8. The largest absolute Gasteiger partial charge is 0.481 e. The minimum atomic E-state index is -0.961. The van der Waals surface area contributed by atoms with Gasteiger partial charge in [-0.15, -0.1) is 11.3 Å². The first-order chi connectivity index (χ1) is 10.5. The summed E-state index contributed by atoms with van der Waals surface area (Å²) in [5.74, 6) is -1.49. The first kappa shape index (κ1) is 16.2. The monoisotopic (exact) mass is 321 g/mol. The second-order valence-electron chi connectivity index (χ2n) is 4.86. The van der Waals surface area contributed by atoms with Crippen molar-refractivity contribution in [2.75, 3.05) is 0 Å². The van der Waals surface area contributed by atoms with Gasteiger partial charge < -0.3 is 10.4 Å². The van der Waals surface area contributed by atoms with Gasteiger partial charge in [0.05, 0.1) is 12.5 Å². The molecule has 0 bridgehead atoms. The van der Waals surface area contributed by atoms with E-state index in [0.717, 1.165) is 10.4 Å². The summed E-state index contributed by atoms with van der Waals surface area (Å²) >= 11 is 1.41. The molecule has 0 radical (unpaired) electrons. The number of hydrogen-bond donors (Lipinski definition) is 2. The molecule has 1 heterocycles. The van der Waals surface area contributed by atoms with Crippen LogP contribution < -0.4 is 5.32 Å². The molecule has 1 amide bonds. The number of carboxylic acids is 1. The number of amides is 1. The van der Waals surface area contributed by atoms with Gasteiger partial charge in [0.1, 0.15) is 5.82 Å². The second kappa shape index (κ2) is 7.70. The summed E-state index contributed by atoms with van der Waals surface area (Å²) in [5.41, 5.74) is 0.863. The minimum Gasteiger partial charge on any atom is -0.481 e. The zero-order valence-electron chi connectivity index (χ0n) is 11.8. The van der Waals surface area contributed by atoms with E-state index in [1.54, 1.807) is 18.2 Å². The third kappa shape index (κ3) is 4.96. The van der Waals surface area contributed by atoms with Crippen LogP contribution in [0.1, 0.15) is 29.3 Å². The number of carbonyl (C=O) groups is 2. The lowest BCUT2D eigenvalue weighted by Crippen LogP contribution is -2.29. The van der Waals surface area contributed by atoms with Crippen LogP contribution in [0.3, 0.4) is 0 Å². The number of rotatable bonds is 7. The molecule has 0 aliphatic carbocycles. The first-order valence-corrected chi connectivity index (χ1v) is 7.71. The molecule has 0 fully saturated rings. The molecule has 0 aliphatic heterocycles. The standard InChI is InChI=1S/C16H16FNO3S/c17-12-6-3-11(4-7-12)5-8-15(19)18-13(10-16(20)21)14-2-1-9-22-14/h1-4,6-7,9,13H,5,8,10H2,(H,18,19)(H,20,21)/t13-/m0/s1. The van der Waals surface area contributed by atoms with Crippen LogP contribution in [-0.4, -0.2) is 17.0 Å². The van der Waals surface area contributed by atoms with Crippen LogP contribution >= 0.6 is 11.3 Å². The van der Waals surface area contributed by atoms with Gasteiger partial charge in [0.15, 0.2) is 0 Å². The number of aryl methyl sites for hydroxylation is 1. The molecule has 0 saturated heterocycles. The summed E-state index contributed by atoms with van der Waals surface area (Å²) < 4.78 is 12.8. The highest BCUT2D eigenvalue weighted by Gasteiger charge is 2.18. The summed E-state index contributed by atoms with van der Waals surface area (Å²) in [6, 6.07) is 9.09. The molecular formula is C16H16FNO3S. The molecule has 0 saturated carbocycles. The van der Waals surface area contributed by atoms with Gasteiger partial charge in [-0.2, -0.15) is 0 Å². The Hall–Kier alpha value is -2.21. The van der Waals surface area contributed by atoms with Crippen LogP contribution in [0.25, 0.3) is 0 Å². The van der Waals surface area contributed by atoms with E-state index in [1.165, 1.54) is 23.5 Å². The van der Waals surface area contributed by atoms with Crippen LogP contribution in [0, 0.1) is 5.82 Å². The third-order valence-corrected chi connectivity index (χ3v) is 4.14. The van der Waals surface area contributed by atoms with E-state index in [9.17, 15) is 14.0 Å². The SMILES string of the molecule is O=C(O)C[C@H](NC(=O)CCc1ccc(F)cc1)c1cccs1. The van der Waals surface area contributed by atoms with Gasteiger partial charge in [-0.3, -0.25) is 9.59 Å². The highest BCUT2D eigenvalue weighted by Crippen LogP contribution is 2.22. The Bertz CT molecular complexity index is 625. The van der Waals surface area contributed by atoms with Crippen molar-refractivity contribution in [2.24, 2.45) is 0 Å². The first-order valence-electron chi connectivity index (χ1n) is 6.83. The molecule has 0 unspecified atom stereocenters. The van der Waals surface area contributed by atoms with E-state index < -0.39 is 12.0 Å². The number of aliphatic carboxylic acids is 1. The average Bonchev–Trinajstić information content (AvgIpc) is 3.00. The number of carbonyl (C=O) groups excluding carboxylic acids is 1. The van der Waals surface area contributed by atoms with E-state index >= 15 is 0 Å². The Morgan fingerprint density at radius 1 is 1.23 bits per heavy atom. The predicted molar refractivity (Wildman–Crippen MR) is 82.2 cm³/mol. The fourth-order valence-electron chi connectivity index (χ4n) is 2.06. The fraction of sp³-hybridized carbons (Fsp3) is 0.250. The van der Waals surface area contributed by atoms with Crippen LogP contribution in [0.4, 0.5) is 4.39 Å². The lowest BCUT2D eigenvalue weighted by Gasteiger charge is -2.15. The molecule has 0 aliphatic rings. The molecule has 2 aromatic rings. The van der Waals surface area contributed by atoms with Crippen LogP contribution in [-0.2, 0) is 16.0 Å². The zero-order valence-corrected chi connectivity index (χ0v) is 12.6. The Kier molecular flexibility index (Phi) is 5.66. The van der Waals surface area contributed by atoms with E-state index in [0.29, 0.717) is 6.42 Å². The summed E-state index contributed by atoms with van der Waals surface area (Å²) in [6.45, 7) is 0. The van der Waals surface area contributed by atoms with Crippen molar-refractivity contribution in [3.05, 3.63) is 58.0 Å². The van der Waals surface area contributed by atoms with Crippen molar-refractivity contribution in [1.82, 2.24) is 5.32 Å². The van der Waals surface area contributed by atoms with Gasteiger partial charge >= 0.3 is 5.97 Å². The van der Waals surface area contributed by atoms with Crippen molar-refractivity contribution < 1.29 is 19.1 Å². The average molecular weight is 321 g/mol. The third-order valence-electron chi connectivity index (χ3n) is 3.15. The minimum absolute atomic E-state index is 0.150. The molecule has 1 atom stereocenters. The van der Waals surface area contributed by atoms with Crippen molar-refractivity contribution in [3.63, 3.8) is 0 Å². The van der Waals surface area contributed by atoms with E-state index in [1.807, 2.05) is 11.4 Å². The topological polar surface area (TPSA) is 66.4 Å². The molecule has 22 heavy (non-hydrogen) atoms. The second-order valence-corrected chi connectivity index (χ2v) is 5.84. The zero-order chi connectivity index (χ0) is 15.9. The van der Waals surface area contributed by atoms with E-state index in [2.05, 4.69) is 5.32 Å². The highest BCUT2D eigenvalue weighted by atomic mass is 32.1. The van der Waals surface area contributed by atoms with Crippen LogP contribution in [0.5, 0.6) is 0 Å². The van der Waals surface area contributed by atoms with Crippen LogP contribution in [0.2, 0.25) is 0 Å². The van der Waals surface area contributed by atoms with E-state index in [-0.39, 0.29) is 24.6 Å². The lowest BCUT2D eigenvalue weighted by atomic mass is 10.1. The molecule has 6 heteroatoms. The Morgan fingerprint density at radius 3 is 2.55 bits per heavy atom. The number of halogens is 1. The maximum Gasteiger partial charge on any atom is 0.305 e. The number of thiophene rings is 1. The number of carboxylic acid groups (broad SMARTS) is 1. The molecule has 2 rings (SSSR count). The number of nitrogens with one attached hydrogen (secondary N) is 1. The van der Waals surface area contributed by atoms with Crippen molar-refractivity contribution in [3.8, 4) is 0 Å². The highest BCUT2D eigenvalue weighted by molar-refractivity contribution is 7.10. The quantitative estimate of drug-likeness (QED) is 0.823. The lowest BCUT2D eigenvalue weighted by molar-refractivity contribution is -0.137. The summed E-state index contributed by atoms with van der Waals surface area (Å²) in [4.78, 5) is 23.7. The molecule has 0 spiro atoms. The summed E-state index contributed by atoms with van der Waals surface area (Å²) in [6.07, 6.45) is 0.562. The Balaban J connectivity index is 1.90. The fourth-order valence-corrected chi connectivity index (χ4v) is 2.84. The van der Waals surface area contributed by atoms with Crippen molar-refractivity contribution >= 4 is 23.2 Å². The molecule has 116 valence electrons. The summed E-state index contributed by atoms with van der Waals surface area (Å²) in [7, 11) is 0. The number of benzene rings is 1. The Labute approximate surface area is 131 Å². The van der Waals surface area contributed by atoms with Crippen LogP contribution in [0.15, 0.2) is 41.8 Å². The molecular weight excluding hydrogens is 305 g/mol. The summed E-state index contributed by atoms with van der Waals surface area (Å²) in [5, 5.41) is 13.5. The van der Waals surface area contributed by atoms with E-state index in [4.69, 9.17) is 5.11 Å². The number of hydrogen-bond acceptors (Lipinski definition) is 3. The normalized spacial score (nSPS) is 11.9. The van der Waals surface area contributed by atoms with Gasteiger partial charge in [-0.1, -0.05) is 18.2 Å². The van der Waals surface area contributed by atoms with Gasteiger partial charge in [-0.25, -0.2) is 4.39 Å².